The van der Waals surface area contributed by atoms with Crippen LogP contribution in [-0.4, -0.2) is 25.5 Å². The van der Waals surface area contributed by atoms with Crippen molar-refractivity contribution >= 4 is 17.8 Å². The Morgan fingerprint density at radius 3 is 2.48 bits per heavy atom. The van der Waals surface area contributed by atoms with Crippen molar-refractivity contribution in [3.05, 3.63) is 65.7 Å². The molecule has 0 aliphatic heterocycles. The minimum absolute atomic E-state index is 0.196. The van der Waals surface area contributed by atoms with Crippen molar-refractivity contribution in [3.63, 3.8) is 0 Å². The second-order valence-electron chi connectivity index (χ2n) is 4.63. The van der Waals surface area contributed by atoms with Gasteiger partial charge in [0.2, 0.25) is 0 Å². The van der Waals surface area contributed by atoms with Crippen LogP contribution in [0.4, 0.5) is 0 Å². The lowest BCUT2D eigenvalue weighted by Gasteiger charge is -2.11. The van der Waals surface area contributed by atoms with E-state index in [0.29, 0.717) is 5.56 Å². The lowest BCUT2D eigenvalue weighted by Crippen LogP contribution is -2.29. The quantitative estimate of drug-likeness (QED) is 0.575. The van der Waals surface area contributed by atoms with Crippen LogP contribution >= 0.6 is 0 Å². The third kappa shape index (κ3) is 4.71. The van der Waals surface area contributed by atoms with E-state index in [-0.39, 0.29) is 17.3 Å². The average Bonchev–Trinajstić information content (AvgIpc) is 2.58. The van der Waals surface area contributed by atoms with Crippen LogP contribution < -0.4 is 14.6 Å². The van der Waals surface area contributed by atoms with E-state index in [9.17, 15) is 14.7 Å². The van der Waals surface area contributed by atoms with Crippen LogP contribution in [0.2, 0.25) is 0 Å². The molecule has 0 N–H and O–H groups in total. The molecule has 0 aromatic heterocycles. The first-order chi connectivity index (χ1) is 11.1. The van der Waals surface area contributed by atoms with E-state index < -0.39 is 12.6 Å². The van der Waals surface area contributed by atoms with Gasteiger partial charge in [0.05, 0.1) is 13.1 Å². The highest BCUT2D eigenvalue weighted by Gasteiger charge is 2.09. The molecule has 5 heteroatoms. The molecule has 0 spiro atoms. The number of aliphatic carboxylic acids is 1. The first-order valence-corrected chi connectivity index (χ1v) is 6.88. The van der Waals surface area contributed by atoms with Crippen LogP contribution in [-0.2, 0) is 4.79 Å². The van der Waals surface area contributed by atoms with Crippen LogP contribution in [0.15, 0.2) is 54.6 Å². The van der Waals surface area contributed by atoms with Gasteiger partial charge >= 0.3 is 0 Å². The summed E-state index contributed by atoms with van der Waals surface area (Å²) in [5, 5.41) is 10.4. The van der Waals surface area contributed by atoms with Gasteiger partial charge in [-0.15, -0.1) is 0 Å². The monoisotopic (exact) mass is 311 g/mol. The Morgan fingerprint density at radius 1 is 1.09 bits per heavy atom. The lowest BCUT2D eigenvalue weighted by atomic mass is 10.1. The van der Waals surface area contributed by atoms with Crippen molar-refractivity contribution in [1.82, 2.24) is 0 Å². The van der Waals surface area contributed by atoms with Gasteiger partial charge in [-0.05, 0) is 29.8 Å². The molecule has 0 radical (unpaired) electrons. The Balaban J connectivity index is 2.14. The van der Waals surface area contributed by atoms with Gasteiger partial charge in [0.15, 0.2) is 17.3 Å². The van der Waals surface area contributed by atoms with Crippen LogP contribution in [0.3, 0.4) is 0 Å². The molecule has 2 aromatic rings. The molecule has 0 aliphatic rings. The second kappa shape index (κ2) is 7.79. The van der Waals surface area contributed by atoms with Gasteiger partial charge in [-0.1, -0.05) is 36.4 Å². The zero-order valence-corrected chi connectivity index (χ0v) is 12.5. The summed E-state index contributed by atoms with van der Waals surface area (Å²) in [6, 6.07) is 14.0. The molecule has 0 atom stereocenters. The number of rotatable bonds is 7. The summed E-state index contributed by atoms with van der Waals surface area (Å²) in [5.41, 5.74) is 1.33. The van der Waals surface area contributed by atoms with E-state index in [0.717, 1.165) is 5.56 Å². The predicted molar refractivity (Wildman–Crippen MR) is 83.3 cm³/mol. The first kappa shape index (κ1) is 16.3. The normalized spacial score (nSPS) is 10.5. The maximum absolute atomic E-state index is 12.2. The summed E-state index contributed by atoms with van der Waals surface area (Å²) in [6.07, 6.45) is 3.18. The van der Waals surface area contributed by atoms with E-state index in [1.807, 2.05) is 30.3 Å². The number of hydrogen-bond acceptors (Lipinski definition) is 5. The van der Waals surface area contributed by atoms with Crippen LogP contribution in [0, 0.1) is 0 Å². The molecular weight excluding hydrogens is 296 g/mol. The molecule has 0 amide bonds. The minimum Gasteiger partial charge on any atom is -0.546 e. The number of ether oxygens (including phenoxy) is 2. The Morgan fingerprint density at radius 2 is 1.83 bits per heavy atom. The first-order valence-electron chi connectivity index (χ1n) is 6.88. The summed E-state index contributed by atoms with van der Waals surface area (Å²) >= 11 is 0. The molecule has 118 valence electrons. The molecule has 0 unspecified atom stereocenters. The average molecular weight is 311 g/mol. The Labute approximate surface area is 133 Å². The van der Waals surface area contributed by atoms with Crippen molar-refractivity contribution in [2.75, 3.05) is 13.7 Å². The zero-order chi connectivity index (χ0) is 16.7. The number of benzene rings is 2. The molecule has 2 rings (SSSR count). The third-order valence-electron chi connectivity index (χ3n) is 3.02. The highest BCUT2D eigenvalue weighted by Crippen LogP contribution is 2.28. The molecule has 5 nitrogen and oxygen atoms in total. The van der Waals surface area contributed by atoms with Crippen molar-refractivity contribution in [2.24, 2.45) is 0 Å². The van der Waals surface area contributed by atoms with Gasteiger partial charge in [0, 0.05) is 5.56 Å². The summed E-state index contributed by atoms with van der Waals surface area (Å²) in [4.78, 5) is 22.6. The minimum atomic E-state index is -1.34. The maximum Gasteiger partial charge on any atom is 0.185 e. The van der Waals surface area contributed by atoms with Gasteiger partial charge in [0.25, 0.3) is 0 Å². The third-order valence-corrected chi connectivity index (χ3v) is 3.02. The fraction of sp³-hybridized carbons (Fsp3) is 0.111. The highest BCUT2D eigenvalue weighted by molar-refractivity contribution is 6.07. The van der Waals surface area contributed by atoms with Crippen molar-refractivity contribution in [1.29, 1.82) is 0 Å². The van der Waals surface area contributed by atoms with Gasteiger partial charge in [-0.2, -0.15) is 0 Å². The van der Waals surface area contributed by atoms with E-state index in [2.05, 4.69) is 0 Å². The number of carbonyl (C=O) groups excluding carboxylic acids is 2. The fourth-order valence-corrected chi connectivity index (χ4v) is 1.91. The van der Waals surface area contributed by atoms with Crippen molar-refractivity contribution < 1.29 is 24.2 Å². The van der Waals surface area contributed by atoms with E-state index in [4.69, 9.17) is 9.47 Å². The fourth-order valence-electron chi connectivity index (χ4n) is 1.91. The predicted octanol–water partition coefficient (Wildman–Crippen LogP) is 1.72. The van der Waals surface area contributed by atoms with Gasteiger partial charge in [0.1, 0.15) is 6.61 Å². The van der Waals surface area contributed by atoms with Crippen LogP contribution in [0.1, 0.15) is 15.9 Å². The largest absolute Gasteiger partial charge is 0.546 e. The zero-order valence-electron chi connectivity index (χ0n) is 12.5. The summed E-state index contributed by atoms with van der Waals surface area (Å²) in [6.45, 7) is -0.586. The maximum atomic E-state index is 12.2. The van der Waals surface area contributed by atoms with E-state index >= 15 is 0 Å². The Bertz CT molecular complexity index is 719. The molecule has 0 saturated carbocycles. The standard InChI is InChI=1S/C18H16O5/c1-22-17-11-14(8-10-16(17)23-12-18(20)21)15(19)9-7-13-5-3-2-4-6-13/h2-11H,12H2,1H3,(H,20,21)/p-1/b9-7+. The number of allylic oxidation sites excluding steroid dienone is 1. The number of carboxylic acid groups (broad SMARTS) is 1. The van der Waals surface area contributed by atoms with Gasteiger partial charge in [-0.3, -0.25) is 4.79 Å². The topological polar surface area (TPSA) is 75.7 Å². The van der Waals surface area contributed by atoms with Crippen molar-refractivity contribution in [2.45, 2.75) is 0 Å². The van der Waals surface area contributed by atoms with E-state index in [1.54, 1.807) is 12.1 Å². The number of carboxylic acids is 1. The molecular formula is C18H15O5-. The number of ketones is 1. The summed E-state index contributed by atoms with van der Waals surface area (Å²) in [5.74, 6) is -1.01. The number of carbonyl (C=O) groups is 2. The smallest absolute Gasteiger partial charge is 0.185 e. The molecule has 0 aliphatic carbocycles. The SMILES string of the molecule is COc1cc(C(=O)/C=C/c2ccccc2)ccc1OCC(=O)[O-]. The van der Waals surface area contributed by atoms with Gasteiger partial charge < -0.3 is 19.4 Å². The molecule has 0 bridgehead atoms. The second-order valence-corrected chi connectivity index (χ2v) is 4.63. The lowest BCUT2D eigenvalue weighted by molar-refractivity contribution is -0.307. The summed E-state index contributed by atoms with van der Waals surface area (Å²) in [7, 11) is 1.41. The van der Waals surface area contributed by atoms with Crippen molar-refractivity contribution in [3.8, 4) is 11.5 Å². The Kier molecular flexibility index (Phi) is 5.52. The van der Waals surface area contributed by atoms with Gasteiger partial charge in [-0.25, -0.2) is 0 Å². The molecule has 0 fully saturated rings. The molecule has 2 aromatic carbocycles. The van der Waals surface area contributed by atoms with Crippen LogP contribution in [0.25, 0.3) is 6.08 Å². The molecule has 23 heavy (non-hydrogen) atoms. The number of methoxy groups -OCH3 is 1. The Hall–Kier alpha value is -3.08. The molecule has 0 heterocycles. The van der Waals surface area contributed by atoms with E-state index in [1.165, 1.54) is 25.3 Å². The molecule has 0 saturated heterocycles. The summed E-state index contributed by atoms with van der Waals surface area (Å²) < 4.78 is 10.2. The number of hydrogen-bond donors (Lipinski definition) is 0. The van der Waals surface area contributed by atoms with Crippen LogP contribution in [0.5, 0.6) is 11.5 Å². The highest BCUT2D eigenvalue weighted by atomic mass is 16.5.